The number of hydrogen-bond donors (Lipinski definition) is 2. The van der Waals surface area contributed by atoms with Crippen LogP contribution in [-0.4, -0.2) is 15.0 Å². The summed E-state index contributed by atoms with van der Waals surface area (Å²) in [6, 6.07) is 0. The molecule has 13 heavy (non-hydrogen) atoms. The summed E-state index contributed by atoms with van der Waals surface area (Å²) in [5.41, 5.74) is 0.771. The molecule has 0 bridgehead atoms. The van der Waals surface area contributed by atoms with Gasteiger partial charge in [0.25, 0.3) is 5.56 Å². The second kappa shape index (κ2) is 2.71. The quantitative estimate of drug-likeness (QED) is 0.685. The molecule has 0 unspecified atom stereocenters. The van der Waals surface area contributed by atoms with Crippen molar-refractivity contribution < 1.29 is 0 Å². The molecule has 64 valence electrons. The fourth-order valence-electron chi connectivity index (χ4n) is 1.07. The van der Waals surface area contributed by atoms with Gasteiger partial charge in [-0.15, -0.1) is 0 Å². The molecular weight excluding hydrogens is 236 g/mol. The Morgan fingerprint density at radius 2 is 2.38 bits per heavy atom. The van der Waals surface area contributed by atoms with Crippen molar-refractivity contribution in [2.75, 3.05) is 0 Å². The van der Waals surface area contributed by atoms with E-state index in [-0.39, 0.29) is 5.56 Å². The van der Waals surface area contributed by atoms with E-state index >= 15 is 0 Å². The predicted molar refractivity (Wildman–Crippen MR) is 50.7 cm³/mol. The first kappa shape index (κ1) is 8.01. The molecule has 2 N–H and O–H groups in total. The van der Waals surface area contributed by atoms with Gasteiger partial charge in [-0.2, -0.15) is 0 Å². The maximum absolute atomic E-state index is 11.2. The maximum atomic E-state index is 11.2. The first-order chi connectivity index (χ1) is 6.24. The van der Waals surface area contributed by atoms with Crippen LogP contribution >= 0.6 is 15.9 Å². The molecule has 0 aromatic carbocycles. The number of halogens is 1. The zero-order valence-corrected chi connectivity index (χ0v) is 7.84. The number of rotatable bonds is 0. The summed E-state index contributed by atoms with van der Waals surface area (Å²) < 4.78 is 0.488. The third-order valence-corrected chi connectivity index (χ3v) is 2.21. The summed E-state index contributed by atoms with van der Waals surface area (Å²) in [4.78, 5) is 23.5. The summed E-state index contributed by atoms with van der Waals surface area (Å²) in [5.74, 6) is 0. The molecule has 0 atom stereocenters. The Hall–Kier alpha value is -1.61. The van der Waals surface area contributed by atoms with Gasteiger partial charge >= 0.3 is 0 Å². The Labute approximate surface area is 80.8 Å². The lowest BCUT2D eigenvalue weighted by Gasteiger charge is -1.85. The van der Waals surface area contributed by atoms with Crippen LogP contribution in [0.1, 0.15) is 0 Å². The van der Waals surface area contributed by atoms with E-state index < -0.39 is 0 Å². The molecule has 5 nitrogen and oxygen atoms in total. The molecule has 0 radical (unpaired) electrons. The smallest absolute Gasteiger partial charge is 0.273 e. The average molecular weight is 239 g/mol. The van der Waals surface area contributed by atoms with E-state index in [1.807, 2.05) is 0 Å². The summed E-state index contributed by atoms with van der Waals surface area (Å²) >= 11 is 3.14. The molecule has 0 saturated carbocycles. The van der Waals surface area contributed by atoms with Crippen molar-refractivity contribution in [2.45, 2.75) is 0 Å². The van der Waals surface area contributed by atoms with Crippen LogP contribution in [0.4, 0.5) is 5.69 Å². The molecule has 0 fully saturated rings. The molecule has 2 aromatic rings. The van der Waals surface area contributed by atoms with Gasteiger partial charge in [-0.25, -0.2) is 9.83 Å². The van der Waals surface area contributed by atoms with Crippen LogP contribution in [0.3, 0.4) is 0 Å². The van der Waals surface area contributed by atoms with Crippen molar-refractivity contribution in [3.63, 3.8) is 0 Å². The van der Waals surface area contributed by atoms with Gasteiger partial charge in [0, 0.05) is 0 Å². The molecule has 2 heterocycles. The van der Waals surface area contributed by atoms with Gasteiger partial charge in [-0.05, 0) is 15.9 Å². The molecule has 0 spiro atoms. The predicted octanol–water partition coefficient (Wildman–Crippen LogP) is 1.56. The molecular formula is C7H3BrN4O. The van der Waals surface area contributed by atoms with Crippen LogP contribution in [0, 0.1) is 6.57 Å². The molecule has 2 aromatic heterocycles. The molecule has 2 rings (SSSR count). The van der Waals surface area contributed by atoms with Gasteiger partial charge < -0.3 is 9.97 Å². The number of aromatic amines is 2. The zero-order valence-electron chi connectivity index (χ0n) is 6.26. The topological polar surface area (TPSA) is 65.9 Å². The highest BCUT2D eigenvalue weighted by atomic mass is 79.9. The van der Waals surface area contributed by atoms with E-state index in [0.717, 1.165) is 0 Å². The van der Waals surface area contributed by atoms with Crippen LogP contribution < -0.4 is 5.56 Å². The van der Waals surface area contributed by atoms with Gasteiger partial charge in [0.2, 0.25) is 5.69 Å². The number of nitrogens with one attached hydrogen (secondary N) is 2. The average Bonchev–Trinajstić information content (AvgIpc) is 2.43. The summed E-state index contributed by atoms with van der Waals surface area (Å²) in [5, 5.41) is 0. The highest BCUT2D eigenvalue weighted by Gasteiger charge is 2.12. The van der Waals surface area contributed by atoms with Crippen LogP contribution in [0.2, 0.25) is 0 Å². The highest BCUT2D eigenvalue weighted by Crippen LogP contribution is 2.30. The number of fused-ring (bicyclic) bond motifs is 1. The van der Waals surface area contributed by atoms with E-state index in [1.165, 1.54) is 6.33 Å². The Morgan fingerprint density at radius 3 is 3.08 bits per heavy atom. The van der Waals surface area contributed by atoms with Gasteiger partial charge in [0.1, 0.15) is 11.0 Å². The third kappa shape index (κ3) is 1.05. The number of nitrogens with zero attached hydrogens (tertiary/aromatic N) is 2. The van der Waals surface area contributed by atoms with Crippen LogP contribution in [0.25, 0.3) is 15.9 Å². The fraction of sp³-hybridized carbons (Fsp3) is 0. The van der Waals surface area contributed by atoms with Crippen molar-refractivity contribution in [2.24, 2.45) is 0 Å². The molecule has 0 aliphatic heterocycles. The van der Waals surface area contributed by atoms with Crippen LogP contribution in [0.5, 0.6) is 0 Å². The van der Waals surface area contributed by atoms with Gasteiger partial charge in [-0.1, -0.05) is 0 Å². The van der Waals surface area contributed by atoms with Gasteiger partial charge in [0.05, 0.1) is 17.5 Å². The minimum Gasteiger partial charge on any atom is -0.353 e. The minimum atomic E-state index is -0.277. The van der Waals surface area contributed by atoms with E-state index in [4.69, 9.17) is 6.57 Å². The molecule has 0 aliphatic carbocycles. The Morgan fingerprint density at radius 1 is 1.62 bits per heavy atom. The van der Waals surface area contributed by atoms with Gasteiger partial charge in [0.15, 0.2) is 0 Å². The van der Waals surface area contributed by atoms with E-state index in [9.17, 15) is 4.79 Å². The lowest BCUT2D eigenvalue weighted by Crippen LogP contribution is -2.05. The molecule has 0 amide bonds. The lowest BCUT2D eigenvalue weighted by molar-refractivity contribution is 1.16. The summed E-state index contributed by atoms with van der Waals surface area (Å²) in [6.45, 7) is 6.88. The highest BCUT2D eigenvalue weighted by molar-refractivity contribution is 9.10. The van der Waals surface area contributed by atoms with E-state index in [0.29, 0.717) is 21.3 Å². The SMILES string of the molecule is [C-]#[N+]c1c(Br)[nH]c2c(=O)[nH]cnc12. The number of H-pyrrole nitrogens is 2. The van der Waals surface area contributed by atoms with Crippen molar-refractivity contribution in [3.05, 3.63) is 32.7 Å². The van der Waals surface area contributed by atoms with Crippen LogP contribution in [-0.2, 0) is 0 Å². The second-order valence-corrected chi connectivity index (χ2v) is 3.15. The number of hydrogen-bond acceptors (Lipinski definition) is 2. The van der Waals surface area contributed by atoms with Gasteiger partial charge in [-0.3, -0.25) is 4.79 Å². The maximum Gasteiger partial charge on any atom is 0.273 e. The number of aromatic nitrogens is 3. The lowest BCUT2D eigenvalue weighted by atomic mass is 10.4. The Bertz CT molecular complexity index is 562. The third-order valence-electron chi connectivity index (χ3n) is 1.63. The Kier molecular flexibility index (Phi) is 1.67. The second-order valence-electron chi connectivity index (χ2n) is 2.35. The largest absolute Gasteiger partial charge is 0.353 e. The normalized spacial score (nSPS) is 10.2. The van der Waals surface area contributed by atoms with Crippen molar-refractivity contribution >= 4 is 32.7 Å². The molecule has 6 heteroatoms. The van der Waals surface area contributed by atoms with Crippen molar-refractivity contribution in [3.8, 4) is 0 Å². The van der Waals surface area contributed by atoms with E-state index in [1.54, 1.807) is 0 Å². The summed E-state index contributed by atoms with van der Waals surface area (Å²) in [6.07, 6.45) is 1.28. The van der Waals surface area contributed by atoms with Crippen molar-refractivity contribution in [1.29, 1.82) is 0 Å². The standard InChI is InChI=1S/C7H3BrN4O/c1-9-4-3-5(12-6(4)8)7(13)11-2-10-3/h2,12H,(H,10,11,13). The van der Waals surface area contributed by atoms with Crippen molar-refractivity contribution in [1.82, 2.24) is 15.0 Å². The zero-order chi connectivity index (χ0) is 9.42. The monoisotopic (exact) mass is 238 g/mol. The molecule has 0 saturated heterocycles. The molecule has 0 aliphatic rings. The Balaban J connectivity index is 3.05. The minimum absolute atomic E-state index is 0.277. The fourth-order valence-corrected chi connectivity index (χ4v) is 1.54. The van der Waals surface area contributed by atoms with Crippen LogP contribution in [0.15, 0.2) is 15.7 Å². The first-order valence-corrected chi connectivity index (χ1v) is 4.15. The first-order valence-electron chi connectivity index (χ1n) is 3.36. The van der Waals surface area contributed by atoms with E-state index in [2.05, 4.69) is 35.7 Å². The summed E-state index contributed by atoms with van der Waals surface area (Å²) in [7, 11) is 0.